The Hall–Kier alpha value is -1.48. The minimum absolute atomic E-state index is 0.324. The third-order valence-electron chi connectivity index (χ3n) is 2.94. The Balaban J connectivity index is 1.92. The maximum absolute atomic E-state index is 9.62. The molecule has 0 amide bonds. The maximum Gasteiger partial charge on any atom is 0.139 e. The molecule has 3 N–H and O–H groups in total. The highest BCUT2D eigenvalue weighted by molar-refractivity contribution is 5.87. The number of aromatic hydroxyl groups is 1. The second kappa shape index (κ2) is 3.28. The van der Waals surface area contributed by atoms with E-state index < -0.39 is 0 Å². The average Bonchev–Trinajstić information content (AvgIpc) is 2.97. The van der Waals surface area contributed by atoms with E-state index in [0.29, 0.717) is 11.8 Å². The molecular weight excluding hydrogens is 188 g/mol. The highest BCUT2D eigenvalue weighted by atomic mass is 16.3. The Morgan fingerprint density at radius 3 is 3.07 bits per heavy atom. The number of H-pyrrole nitrogens is 1. The predicted molar refractivity (Wildman–Crippen MR) is 59.8 cm³/mol. The number of fused-ring (bicyclic) bond motifs is 1. The fourth-order valence-electron chi connectivity index (χ4n) is 1.88. The van der Waals surface area contributed by atoms with Crippen LogP contribution in [-0.4, -0.2) is 16.1 Å². The lowest BCUT2D eigenvalue weighted by Crippen LogP contribution is -2.14. The molecule has 1 aliphatic rings. The standard InChI is InChI=1S/C12H14N2O/c15-11-3-1-2-10-8(7-14-12(10)11)6-13-9-4-5-9/h1-3,7,9,13-15H,4-6H2. The van der Waals surface area contributed by atoms with Gasteiger partial charge in [0.2, 0.25) is 0 Å². The lowest BCUT2D eigenvalue weighted by Gasteiger charge is -2.01. The number of rotatable bonds is 3. The van der Waals surface area contributed by atoms with E-state index >= 15 is 0 Å². The molecule has 3 heteroatoms. The third kappa shape index (κ3) is 1.59. The molecule has 0 saturated heterocycles. The number of hydrogen-bond acceptors (Lipinski definition) is 2. The number of para-hydroxylation sites is 1. The van der Waals surface area contributed by atoms with Gasteiger partial charge in [-0.2, -0.15) is 0 Å². The van der Waals surface area contributed by atoms with Crippen LogP contribution in [0.1, 0.15) is 18.4 Å². The number of nitrogens with one attached hydrogen (secondary N) is 2. The average molecular weight is 202 g/mol. The minimum atomic E-state index is 0.324. The van der Waals surface area contributed by atoms with Crippen LogP contribution < -0.4 is 5.32 Å². The molecule has 0 bridgehead atoms. The van der Waals surface area contributed by atoms with Gasteiger partial charge < -0.3 is 15.4 Å². The van der Waals surface area contributed by atoms with Crippen LogP contribution in [0.25, 0.3) is 10.9 Å². The first-order valence-corrected chi connectivity index (χ1v) is 5.36. The third-order valence-corrected chi connectivity index (χ3v) is 2.94. The van der Waals surface area contributed by atoms with Gasteiger partial charge in [-0.1, -0.05) is 12.1 Å². The summed E-state index contributed by atoms with van der Waals surface area (Å²) in [6.07, 6.45) is 4.57. The normalized spacial score (nSPS) is 16.0. The molecule has 0 atom stereocenters. The smallest absolute Gasteiger partial charge is 0.139 e. The summed E-state index contributed by atoms with van der Waals surface area (Å²) in [6, 6.07) is 6.34. The molecule has 2 aromatic rings. The van der Waals surface area contributed by atoms with Gasteiger partial charge in [0.15, 0.2) is 0 Å². The summed E-state index contributed by atoms with van der Waals surface area (Å²) < 4.78 is 0. The molecule has 3 rings (SSSR count). The van der Waals surface area contributed by atoms with Crippen LogP contribution in [0.15, 0.2) is 24.4 Å². The minimum Gasteiger partial charge on any atom is -0.506 e. The Kier molecular flexibility index (Phi) is 1.92. The molecule has 1 aromatic heterocycles. The molecule has 1 fully saturated rings. The van der Waals surface area contributed by atoms with Gasteiger partial charge in [-0.25, -0.2) is 0 Å². The van der Waals surface area contributed by atoms with E-state index in [-0.39, 0.29) is 0 Å². The van der Waals surface area contributed by atoms with Crippen molar-refractivity contribution >= 4 is 10.9 Å². The Labute approximate surface area is 88.1 Å². The summed E-state index contributed by atoms with van der Waals surface area (Å²) in [5.41, 5.74) is 2.07. The van der Waals surface area contributed by atoms with Crippen molar-refractivity contribution in [2.75, 3.05) is 0 Å². The van der Waals surface area contributed by atoms with Crippen LogP contribution in [0.2, 0.25) is 0 Å². The first-order valence-electron chi connectivity index (χ1n) is 5.36. The number of phenols is 1. The van der Waals surface area contributed by atoms with Gasteiger partial charge in [-0.05, 0) is 24.5 Å². The molecule has 0 aliphatic heterocycles. The zero-order valence-corrected chi connectivity index (χ0v) is 8.46. The van der Waals surface area contributed by atoms with Crippen LogP contribution in [0, 0.1) is 0 Å². The summed E-state index contributed by atoms with van der Waals surface area (Å²) in [7, 11) is 0. The zero-order chi connectivity index (χ0) is 10.3. The second-order valence-electron chi connectivity index (χ2n) is 4.17. The lowest BCUT2D eigenvalue weighted by atomic mass is 10.1. The number of aromatic nitrogens is 1. The van der Waals surface area contributed by atoms with Crippen molar-refractivity contribution in [3.8, 4) is 5.75 Å². The highest BCUT2D eigenvalue weighted by Crippen LogP contribution is 2.27. The van der Waals surface area contributed by atoms with Crippen molar-refractivity contribution in [3.63, 3.8) is 0 Å². The van der Waals surface area contributed by atoms with Gasteiger partial charge in [0.05, 0.1) is 5.52 Å². The first kappa shape index (κ1) is 8.80. The van der Waals surface area contributed by atoms with E-state index in [1.165, 1.54) is 18.4 Å². The second-order valence-corrected chi connectivity index (χ2v) is 4.17. The molecule has 3 nitrogen and oxygen atoms in total. The summed E-state index contributed by atoms with van der Waals surface area (Å²) in [5.74, 6) is 0.324. The van der Waals surface area contributed by atoms with Crippen molar-refractivity contribution < 1.29 is 5.11 Å². The highest BCUT2D eigenvalue weighted by Gasteiger charge is 2.20. The van der Waals surface area contributed by atoms with Gasteiger partial charge in [-0.3, -0.25) is 0 Å². The number of benzene rings is 1. The molecule has 1 heterocycles. The van der Waals surface area contributed by atoms with E-state index in [2.05, 4.69) is 10.3 Å². The lowest BCUT2D eigenvalue weighted by molar-refractivity contribution is 0.480. The van der Waals surface area contributed by atoms with Gasteiger partial charge in [-0.15, -0.1) is 0 Å². The molecule has 15 heavy (non-hydrogen) atoms. The number of phenolic OH excluding ortho intramolecular Hbond substituents is 1. The topological polar surface area (TPSA) is 48.0 Å². The van der Waals surface area contributed by atoms with E-state index in [4.69, 9.17) is 0 Å². The van der Waals surface area contributed by atoms with E-state index in [1.807, 2.05) is 18.3 Å². The quantitative estimate of drug-likeness (QED) is 0.714. The molecule has 78 valence electrons. The van der Waals surface area contributed by atoms with Crippen molar-refractivity contribution in [3.05, 3.63) is 30.0 Å². The first-order chi connectivity index (χ1) is 7.34. The van der Waals surface area contributed by atoms with Crippen LogP contribution >= 0.6 is 0 Å². The largest absolute Gasteiger partial charge is 0.506 e. The van der Waals surface area contributed by atoms with Gasteiger partial charge >= 0.3 is 0 Å². The van der Waals surface area contributed by atoms with Crippen molar-refractivity contribution in [1.29, 1.82) is 0 Å². The van der Waals surface area contributed by atoms with Crippen LogP contribution in [0.3, 0.4) is 0 Å². The fourth-order valence-corrected chi connectivity index (χ4v) is 1.88. The molecule has 1 saturated carbocycles. The summed E-state index contributed by atoms with van der Waals surface area (Å²) in [5, 5.41) is 14.2. The fraction of sp³-hybridized carbons (Fsp3) is 0.333. The van der Waals surface area contributed by atoms with Crippen LogP contribution in [0.4, 0.5) is 0 Å². The summed E-state index contributed by atoms with van der Waals surface area (Å²) in [4.78, 5) is 3.11. The van der Waals surface area contributed by atoms with E-state index in [1.54, 1.807) is 6.07 Å². The molecule has 0 unspecified atom stereocenters. The zero-order valence-electron chi connectivity index (χ0n) is 8.46. The Morgan fingerprint density at radius 2 is 2.27 bits per heavy atom. The van der Waals surface area contributed by atoms with Crippen LogP contribution in [0.5, 0.6) is 5.75 Å². The summed E-state index contributed by atoms with van der Waals surface area (Å²) >= 11 is 0. The monoisotopic (exact) mass is 202 g/mol. The number of aromatic amines is 1. The molecule has 0 radical (unpaired) electrons. The molecule has 0 spiro atoms. The Bertz CT molecular complexity index is 485. The molecular formula is C12H14N2O. The van der Waals surface area contributed by atoms with Gasteiger partial charge in [0, 0.05) is 24.2 Å². The van der Waals surface area contributed by atoms with Gasteiger partial charge in [0.1, 0.15) is 5.75 Å². The summed E-state index contributed by atoms with van der Waals surface area (Å²) in [6.45, 7) is 0.883. The van der Waals surface area contributed by atoms with Crippen LogP contribution in [-0.2, 0) is 6.54 Å². The van der Waals surface area contributed by atoms with Crippen molar-refractivity contribution in [2.24, 2.45) is 0 Å². The maximum atomic E-state index is 9.62. The predicted octanol–water partition coefficient (Wildman–Crippen LogP) is 2.13. The van der Waals surface area contributed by atoms with Gasteiger partial charge in [0.25, 0.3) is 0 Å². The molecule has 1 aromatic carbocycles. The number of hydrogen-bond donors (Lipinski definition) is 3. The molecule has 1 aliphatic carbocycles. The Morgan fingerprint density at radius 1 is 1.40 bits per heavy atom. The SMILES string of the molecule is Oc1cccc2c(CNC3CC3)c[nH]c12. The van der Waals surface area contributed by atoms with E-state index in [0.717, 1.165) is 17.4 Å². The van der Waals surface area contributed by atoms with Crippen molar-refractivity contribution in [2.45, 2.75) is 25.4 Å². The van der Waals surface area contributed by atoms with Crippen molar-refractivity contribution in [1.82, 2.24) is 10.3 Å². The van der Waals surface area contributed by atoms with E-state index in [9.17, 15) is 5.11 Å².